The van der Waals surface area contributed by atoms with Gasteiger partial charge in [0.2, 0.25) is 11.8 Å². The van der Waals surface area contributed by atoms with Crippen molar-refractivity contribution >= 4 is 17.6 Å². The third kappa shape index (κ3) is 5.68. The molecule has 1 aromatic heterocycles. The van der Waals surface area contributed by atoms with Gasteiger partial charge in [-0.2, -0.15) is 0 Å². The highest BCUT2D eigenvalue weighted by molar-refractivity contribution is 5.92. The van der Waals surface area contributed by atoms with Crippen molar-refractivity contribution in [2.24, 2.45) is 0 Å². The van der Waals surface area contributed by atoms with Crippen molar-refractivity contribution in [1.29, 1.82) is 0 Å². The Bertz CT molecular complexity index is 1020. The fourth-order valence-corrected chi connectivity index (χ4v) is 2.37. The van der Waals surface area contributed by atoms with Crippen LogP contribution >= 0.6 is 0 Å². The fourth-order valence-electron chi connectivity index (χ4n) is 2.37. The van der Waals surface area contributed by atoms with Crippen molar-refractivity contribution in [2.75, 3.05) is 11.9 Å². The summed E-state index contributed by atoms with van der Waals surface area (Å²) in [6.07, 6.45) is 0.0691. The summed E-state index contributed by atoms with van der Waals surface area (Å²) in [5, 5.41) is 10.0. The molecular formula is C20H17F2N3O4. The number of carbonyl (C=O) groups is 2. The van der Waals surface area contributed by atoms with Crippen LogP contribution in [0.25, 0.3) is 11.5 Å². The molecule has 150 valence electrons. The Morgan fingerprint density at radius 2 is 1.86 bits per heavy atom. The first-order valence-electron chi connectivity index (χ1n) is 8.70. The van der Waals surface area contributed by atoms with Gasteiger partial charge in [0.1, 0.15) is 11.6 Å². The zero-order valence-electron chi connectivity index (χ0n) is 15.4. The summed E-state index contributed by atoms with van der Waals surface area (Å²) in [6, 6.07) is 10.2. The molecule has 0 saturated heterocycles. The Hall–Kier alpha value is -3.62. The standard InChI is InChI=1S/C20H17F2N3O4/c1-12-2-4-13(5-3-12)20-25-24-18(29-20)8-9-19(27)28-11-17(26)23-16-7-6-14(21)10-15(16)22/h2-7,10H,8-9,11H2,1H3,(H,23,26). The second-order valence-electron chi connectivity index (χ2n) is 6.20. The summed E-state index contributed by atoms with van der Waals surface area (Å²) in [6.45, 7) is 1.36. The van der Waals surface area contributed by atoms with E-state index in [0.717, 1.165) is 23.3 Å². The van der Waals surface area contributed by atoms with Crippen molar-refractivity contribution < 1.29 is 27.5 Å². The second-order valence-corrected chi connectivity index (χ2v) is 6.20. The smallest absolute Gasteiger partial charge is 0.306 e. The highest BCUT2D eigenvalue weighted by Gasteiger charge is 2.13. The van der Waals surface area contributed by atoms with Gasteiger partial charge < -0.3 is 14.5 Å². The zero-order valence-corrected chi connectivity index (χ0v) is 15.4. The summed E-state index contributed by atoms with van der Waals surface area (Å²) in [5.74, 6) is -2.49. The summed E-state index contributed by atoms with van der Waals surface area (Å²) >= 11 is 0. The Balaban J connectivity index is 1.44. The molecule has 0 spiro atoms. The molecule has 0 aliphatic heterocycles. The number of aryl methyl sites for hydroxylation is 2. The van der Waals surface area contributed by atoms with Crippen LogP contribution in [0, 0.1) is 18.6 Å². The lowest BCUT2D eigenvalue weighted by molar-refractivity contribution is -0.147. The van der Waals surface area contributed by atoms with Gasteiger partial charge >= 0.3 is 5.97 Å². The number of hydrogen-bond acceptors (Lipinski definition) is 6. The number of nitrogens with zero attached hydrogens (tertiary/aromatic N) is 2. The van der Waals surface area contributed by atoms with E-state index in [4.69, 9.17) is 9.15 Å². The number of rotatable bonds is 7. The molecule has 0 aliphatic carbocycles. The molecule has 1 heterocycles. The van der Waals surface area contributed by atoms with Crippen LogP contribution in [0.3, 0.4) is 0 Å². The minimum atomic E-state index is -0.926. The number of halogens is 2. The second kappa shape index (κ2) is 9.05. The number of anilines is 1. The number of nitrogens with one attached hydrogen (secondary N) is 1. The van der Waals surface area contributed by atoms with E-state index in [2.05, 4.69) is 15.5 Å². The SMILES string of the molecule is Cc1ccc(-c2nnc(CCC(=O)OCC(=O)Nc3ccc(F)cc3F)o2)cc1. The van der Waals surface area contributed by atoms with Gasteiger partial charge in [0.25, 0.3) is 5.91 Å². The molecule has 29 heavy (non-hydrogen) atoms. The summed E-state index contributed by atoms with van der Waals surface area (Å²) in [7, 11) is 0. The number of carbonyl (C=O) groups excluding carboxylic acids is 2. The molecule has 0 fully saturated rings. The molecule has 3 rings (SSSR count). The lowest BCUT2D eigenvalue weighted by Gasteiger charge is -2.07. The average Bonchev–Trinajstić information content (AvgIpc) is 3.16. The number of amides is 1. The van der Waals surface area contributed by atoms with E-state index in [-0.39, 0.29) is 24.4 Å². The maximum atomic E-state index is 13.5. The Morgan fingerprint density at radius 3 is 2.59 bits per heavy atom. The van der Waals surface area contributed by atoms with E-state index in [1.807, 2.05) is 31.2 Å². The molecule has 9 heteroatoms. The molecule has 0 unspecified atom stereocenters. The first kappa shape index (κ1) is 20.1. The van der Waals surface area contributed by atoms with Gasteiger partial charge in [0.05, 0.1) is 12.1 Å². The Kier molecular flexibility index (Phi) is 6.28. The van der Waals surface area contributed by atoms with E-state index in [1.165, 1.54) is 0 Å². The molecule has 3 aromatic rings. The van der Waals surface area contributed by atoms with Gasteiger partial charge in [-0.3, -0.25) is 9.59 Å². The Labute approximate surface area is 164 Å². The zero-order chi connectivity index (χ0) is 20.8. The first-order valence-corrected chi connectivity index (χ1v) is 8.70. The van der Waals surface area contributed by atoms with Gasteiger partial charge in [0.15, 0.2) is 6.61 Å². The van der Waals surface area contributed by atoms with Crippen LogP contribution in [0.2, 0.25) is 0 Å². The molecule has 0 aliphatic rings. The predicted molar refractivity (Wildman–Crippen MR) is 98.7 cm³/mol. The highest BCUT2D eigenvalue weighted by Crippen LogP contribution is 2.19. The number of esters is 1. The number of hydrogen-bond donors (Lipinski definition) is 1. The van der Waals surface area contributed by atoms with Crippen molar-refractivity contribution in [3.8, 4) is 11.5 Å². The first-order chi connectivity index (χ1) is 13.9. The predicted octanol–water partition coefficient (Wildman–Crippen LogP) is 3.44. The fraction of sp³-hybridized carbons (Fsp3) is 0.200. The van der Waals surface area contributed by atoms with E-state index >= 15 is 0 Å². The number of benzene rings is 2. The van der Waals surface area contributed by atoms with E-state index in [9.17, 15) is 18.4 Å². The molecule has 0 atom stereocenters. The van der Waals surface area contributed by atoms with Crippen LogP contribution in [-0.4, -0.2) is 28.7 Å². The minimum absolute atomic E-state index is 0.0757. The number of ether oxygens (including phenoxy) is 1. The van der Waals surface area contributed by atoms with Gasteiger partial charge in [-0.1, -0.05) is 17.7 Å². The van der Waals surface area contributed by atoms with E-state index in [0.29, 0.717) is 12.0 Å². The van der Waals surface area contributed by atoms with Crippen LogP contribution in [0.5, 0.6) is 0 Å². The van der Waals surface area contributed by atoms with Crippen molar-refractivity contribution in [3.05, 3.63) is 65.6 Å². The number of aromatic nitrogens is 2. The molecule has 0 bridgehead atoms. The quantitative estimate of drug-likeness (QED) is 0.610. The molecule has 1 N–H and O–H groups in total. The maximum Gasteiger partial charge on any atom is 0.306 e. The molecule has 2 aromatic carbocycles. The Morgan fingerprint density at radius 1 is 1.10 bits per heavy atom. The lowest BCUT2D eigenvalue weighted by atomic mass is 10.1. The van der Waals surface area contributed by atoms with Crippen LogP contribution in [-0.2, 0) is 20.7 Å². The van der Waals surface area contributed by atoms with Gasteiger partial charge in [-0.25, -0.2) is 8.78 Å². The monoisotopic (exact) mass is 401 g/mol. The van der Waals surface area contributed by atoms with Crippen molar-refractivity contribution in [2.45, 2.75) is 19.8 Å². The molecular weight excluding hydrogens is 384 g/mol. The topological polar surface area (TPSA) is 94.3 Å². The molecule has 0 saturated carbocycles. The summed E-state index contributed by atoms with van der Waals surface area (Å²) in [5.41, 5.74) is 1.66. The summed E-state index contributed by atoms with van der Waals surface area (Å²) < 4.78 is 36.6. The minimum Gasteiger partial charge on any atom is -0.456 e. The van der Waals surface area contributed by atoms with Crippen LogP contribution in [0.4, 0.5) is 14.5 Å². The summed E-state index contributed by atoms with van der Waals surface area (Å²) in [4.78, 5) is 23.5. The average molecular weight is 401 g/mol. The van der Waals surface area contributed by atoms with Crippen LogP contribution < -0.4 is 5.32 Å². The van der Waals surface area contributed by atoms with Crippen LogP contribution in [0.15, 0.2) is 46.9 Å². The van der Waals surface area contributed by atoms with E-state index < -0.39 is 30.1 Å². The normalized spacial score (nSPS) is 10.6. The lowest BCUT2D eigenvalue weighted by Crippen LogP contribution is -2.21. The van der Waals surface area contributed by atoms with E-state index in [1.54, 1.807) is 0 Å². The third-order valence-electron chi connectivity index (χ3n) is 3.88. The van der Waals surface area contributed by atoms with Gasteiger partial charge in [0, 0.05) is 18.1 Å². The highest BCUT2D eigenvalue weighted by atomic mass is 19.1. The molecule has 7 nitrogen and oxygen atoms in total. The van der Waals surface area contributed by atoms with Crippen molar-refractivity contribution in [1.82, 2.24) is 10.2 Å². The molecule has 1 amide bonds. The van der Waals surface area contributed by atoms with Crippen LogP contribution in [0.1, 0.15) is 17.9 Å². The van der Waals surface area contributed by atoms with Crippen molar-refractivity contribution in [3.63, 3.8) is 0 Å². The maximum absolute atomic E-state index is 13.5. The van der Waals surface area contributed by atoms with Gasteiger partial charge in [-0.05, 0) is 31.2 Å². The largest absolute Gasteiger partial charge is 0.456 e. The molecule has 0 radical (unpaired) electrons. The van der Waals surface area contributed by atoms with Gasteiger partial charge in [-0.15, -0.1) is 10.2 Å². The third-order valence-corrected chi connectivity index (χ3v) is 3.88.